The fraction of sp³-hybridized carbons (Fsp3) is 0.389. The third-order valence-electron chi connectivity index (χ3n) is 4.27. The maximum atomic E-state index is 12.7. The minimum Gasteiger partial charge on any atom is -0.347 e. The lowest BCUT2D eigenvalue weighted by Gasteiger charge is -2.25. The van der Waals surface area contributed by atoms with Crippen LogP contribution >= 0.6 is 11.3 Å². The SMILES string of the molecule is O=C(Cc1ccc(S(=O)(=O)N2CCCCC2)s1)NCC(=O)Nc1cccnc1. The molecule has 10 heteroatoms. The second-order valence-corrected chi connectivity index (χ2v) is 9.76. The zero-order valence-corrected chi connectivity index (χ0v) is 16.9. The zero-order valence-electron chi connectivity index (χ0n) is 15.3. The van der Waals surface area contributed by atoms with Gasteiger partial charge in [0, 0.05) is 24.2 Å². The molecule has 1 saturated heterocycles. The van der Waals surface area contributed by atoms with Gasteiger partial charge in [0.15, 0.2) is 0 Å². The zero-order chi connectivity index (χ0) is 20.0. The quantitative estimate of drug-likeness (QED) is 0.705. The minimum absolute atomic E-state index is 0.0281. The molecule has 1 aliphatic heterocycles. The van der Waals surface area contributed by atoms with Gasteiger partial charge in [0.25, 0.3) is 10.0 Å². The lowest BCUT2D eigenvalue weighted by atomic mass is 10.2. The van der Waals surface area contributed by atoms with Crippen LogP contribution in [0.25, 0.3) is 0 Å². The number of pyridine rings is 1. The van der Waals surface area contributed by atoms with Gasteiger partial charge in [-0.25, -0.2) is 8.42 Å². The number of nitrogens with one attached hydrogen (secondary N) is 2. The Morgan fingerprint density at radius 2 is 1.89 bits per heavy atom. The Hall–Kier alpha value is -2.30. The summed E-state index contributed by atoms with van der Waals surface area (Å²) in [7, 11) is -3.49. The highest BCUT2D eigenvalue weighted by Gasteiger charge is 2.27. The number of carbonyl (C=O) groups is 2. The van der Waals surface area contributed by atoms with Gasteiger partial charge in [-0.3, -0.25) is 14.6 Å². The number of hydrogen-bond donors (Lipinski definition) is 2. The summed E-state index contributed by atoms with van der Waals surface area (Å²) in [6.07, 6.45) is 5.94. The predicted octanol–water partition coefficient (Wildman–Crippen LogP) is 1.62. The maximum Gasteiger partial charge on any atom is 0.252 e. The van der Waals surface area contributed by atoms with E-state index < -0.39 is 10.0 Å². The van der Waals surface area contributed by atoms with Crippen molar-refractivity contribution in [3.63, 3.8) is 0 Å². The Bertz CT molecular complexity index is 922. The molecule has 2 N–H and O–H groups in total. The molecule has 8 nitrogen and oxygen atoms in total. The summed E-state index contributed by atoms with van der Waals surface area (Å²) in [5.41, 5.74) is 0.549. The molecule has 2 aromatic heterocycles. The average molecular weight is 423 g/mol. The summed E-state index contributed by atoms with van der Waals surface area (Å²) in [5.74, 6) is -0.703. The fourth-order valence-electron chi connectivity index (χ4n) is 2.87. The lowest BCUT2D eigenvalue weighted by Crippen LogP contribution is -2.35. The van der Waals surface area contributed by atoms with Crippen LogP contribution in [-0.4, -0.2) is 49.2 Å². The molecule has 0 aromatic carbocycles. The number of hydrogen-bond acceptors (Lipinski definition) is 6. The van der Waals surface area contributed by atoms with E-state index in [-0.39, 0.29) is 29.0 Å². The number of piperidine rings is 1. The van der Waals surface area contributed by atoms with Gasteiger partial charge in [0.2, 0.25) is 11.8 Å². The highest BCUT2D eigenvalue weighted by atomic mass is 32.2. The van der Waals surface area contributed by atoms with Crippen LogP contribution in [0.4, 0.5) is 5.69 Å². The standard InChI is InChI=1S/C18H22N4O4S2/c23-16(20-13-17(24)21-14-5-4-8-19-12-14)11-15-6-7-18(27-15)28(25,26)22-9-2-1-3-10-22/h4-8,12H,1-3,9-11,13H2,(H,20,23)(H,21,24). The summed E-state index contributed by atoms with van der Waals surface area (Å²) in [6, 6.07) is 6.59. The van der Waals surface area contributed by atoms with Crippen molar-refractivity contribution in [3.05, 3.63) is 41.5 Å². The lowest BCUT2D eigenvalue weighted by molar-refractivity contribution is -0.123. The van der Waals surface area contributed by atoms with Crippen molar-refractivity contribution in [2.45, 2.75) is 29.9 Å². The van der Waals surface area contributed by atoms with E-state index in [1.807, 2.05) is 0 Å². The van der Waals surface area contributed by atoms with E-state index in [2.05, 4.69) is 15.6 Å². The molecule has 28 heavy (non-hydrogen) atoms. The first-order chi connectivity index (χ1) is 13.4. The maximum absolute atomic E-state index is 12.7. The summed E-state index contributed by atoms with van der Waals surface area (Å²) >= 11 is 1.10. The topological polar surface area (TPSA) is 108 Å². The van der Waals surface area contributed by atoms with E-state index in [4.69, 9.17) is 0 Å². The average Bonchev–Trinajstić information content (AvgIpc) is 3.17. The second-order valence-electron chi connectivity index (χ2n) is 6.43. The Balaban J connectivity index is 1.50. The van der Waals surface area contributed by atoms with E-state index in [0.717, 1.165) is 30.6 Å². The van der Waals surface area contributed by atoms with Gasteiger partial charge in [-0.05, 0) is 37.1 Å². The van der Waals surface area contributed by atoms with Gasteiger partial charge in [-0.1, -0.05) is 6.42 Å². The van der Waals surface area contributed by atoms with Gasteiger partial charge in [0.05, 0.1) is 24.8 Å². The van der Waals surface area contributed by atoms with Crippen molar-refractivity contribution in [1.82, 2.24) is 14.6 Å². The van der Waals surface area contributed by atoms with Gasteiger partial charge in [-0.15, -0.1) is 11.3 Å². The van der Waals surface area contributed by atoms with Crippen LogP contribution in [0.5, 0.6) is 0 Å². The number of amides is 2. The van der Waals surface area contributed by atoms with Crippen LogP contribution in [0.15, 0.2) is 40.9 Å². The van der Waals surface area contributed by atoms with Gasteiger partial charge in [-0.2, -0.15) is 4.31 Å². The highest BCUT2D eigenvalue weighted by molar-refractivity contribution is 7.91. The third-order valence-corrected chi connectivity index (χ3v) is 7.72. The summed E-state index contributed by atoms with van der Waals surface area (Å²) in [5, 5.41) is 5.16. The van der Waals surface area contributed by atoms with Gasteiger partial charge >= 0.3 is 0 Å². The van der Waals surface area contributed by atoms with Crippen LogP contribution in [0.1, 0.15) is 24.1 Å². The molecule has 3 rings (SSSR count). The van der Waals surface area contributed by atoms with Crippen molar-refractivity contribution >= 4 is 38.9 Å². The van der Waals surface area contributed by atoms with Crippen LogP contribution < -0.4 is 10.6 Å². The molecule has 2 aromatic rings. The molecule has 1 fully saturated rings. The molecule has 1 aliphatic rings. The molecule has 150 valence electrons. The molecular formula is C18H22N4O4S2. The number of carbonyl (C=O) groups excluding carboxylic acids is 2. The van der Waals surface area contributed by atoms with E-state index >= 15 is 0 Å². The van der Waals surface area contributed by atoms with E-state index in [9.17, 15) is 18.0 Å². The van der Waals surface area contributed by atoms with Crippen LogP contribution in [0.3, 0.4) is 0 Å². The Kier molecular flexibility index (Phi) is 6.76. The Morgan fingerprint density at radius 3 is 2.61 bits per heavy atom. The molecule has 0 unspecified atom stereocenters. The van der Waals surface area contributed by atoms with Crippen LogP contribution in [0, 0.1) is 0 Å². The van der Waals surface area contributed by atoms with Crippen LogP contribution in [-0.2, 0) is 26.0 Å². The molecule has 3 heterocycles. The summed E-state index contributed by atoms with van der Waals surface area (Å²) in [4.78, 5) is 28.4. The minimum atomic E-state index is -3.49. The van der Waals surface area contributed by atoms with Crippen molar-refractivity contribution in [3.8, 4) is 0 Å². The van der Waals surface area contributed by atoms with Crippen molar-refractivity contribution < 1.29 is 18.0 Å². The Morgan fingerprint density at radius 1 is 1.11 bits per heavy atom. The van der Waals surface area contributed by atoms with Crippen molar-refractivity contribution in [2.24, 2.45) is 0 Å². The molecule has 0 spiro atoms. The highest BCUT2D eigenvalue weighted by Crippen LogP contribution is 2.27. The largest absolute Gasteiger partial charge is 0.347 e. The van der Waals surface area contributed by atoms with E-state index in [0.29, 0.717) is 23.7 Å². The first-order valence-electron chi connectivity index (χ1n) is 9.00. The smallest absolute Gasteiger partial charge is 0.252 e. The monoisotopic (exact) mass is 422 g/mol. The molecule has 0 atom stereocenters. The number of nitrogens with zero attached hydrogens (tertiary/aromatic N) is 2. The number of thiophene rings is 1. The first-order valence-corrected chi connectivity index (χ1v) is 11.3. The number of sulfonamides is 1. The summed E-state index contributed by atoms with van der Waals surface area (Å²) < 4.78 is 27.1. The van der Waals surface area contributed by atoms with Crippen LogP contribution in [0.2, 0.25) is 0 Å². The van der Waals surface area contributed by atoms with Crippen molar-refractivity contribution in [1.29, 1.82) is 0 Å². The molecule has 0 bridgehead atoms. The molecule has 0 saturated carbocycles. The third kappa shape index (κ3) is 5.37. The second kappa shape index (κ2) is 9.26. The predicted molar refractivity (Wildman–Crippen MR) is 107 cm³/mol. The Labute approximate surface area is 168 Å². The first kappa shape index (κ1) is 20.4. The normalized spacial score (nSPS) is 15.1. The number of anilines is 1. The van der Waals surface area contributed by atoms with Gasteiger partial charge in [0.1, 0.15) is 4.21 Å². The van der Waals surface area contributed by atoms with Gasteiger partial charge < -0.3 is 10.6 Å². The fourth-order valence-corrected chi connectivity index (χ4v) is 5.89. The molecular weight excluding hydrogens is 400 g/mol. The number of rotatable bonds is 7. The molecule has 2 amide bonds. The molecule has 0 radical (unpaired) electrons. The van der Waals surface area contributed by atoms with E-state index in [1.54, 1.807) is 30.5 Å². The molecule has 0 aliphatic carbocycles. The van der Waals surface area contributed by atoms with Crippen molar-refractivity contribution in [2.75, 3.05) is 25.0 Å². The summed E-state index contributed by atoms with van der Waals surface area (Å²) in [6.45, 7) is 0.919. The van der Waals surface area contributed by atoms with E-state index in [1.165, 1.54) is 10.5 Å². The number of aromatic nitrogens is 1.